The Balaban J connectivity index is 1.67. The number of hydrogen-bond donors (Lipinski definition) is 1. The number of rotatable bonds is 2. The first-order chi connectivity index (χ1) is 9.24. The molecule has 2 nitrogen and oxygen atoms in total. The van der Waals surface area contributed by atoms with Gasteiger partial charge in [0.1, 0.15) is 0 Å². The lowest BCUT2D eigenvalue weighted by Gasteiger charge is -2.43. The van der Waals surface area contributed by atoms with E-state index in [0.717, 1.165) is 30.0 Å². The van der Waals surface area contributed by atoms with Crippen molar-refractivity contribution in [2.45, 2.75) is 44.2 Å². The summed E-state index contributed by atoms with van der Waals surface area (Å²) in [7, 11) is 0. The number of piperidine rings is 2. The topological polar surface area (TPSA) is 23.5 Å². The maximum absolute atomic E-state index is 10.6. The van der Waals surface area contributed by atoms with Crippen LogP contribution in [0.3, 0.4) is 0 Å². The molecule has 19 heavy (non-hydrogen) atoms. The molecule has 104 valence electrons. The Morgan fingerprint density at radius 1 is 1.11 bits per heavy atom. The summed E-state index contributed by atoms with van der Waals surface area (Å²) >= 11 is 5.90. The van der Waals surface area contributed by atoms with Crippen molar-refractivity contribution in [1.82, 2.24) is 4.90 Å². The average Bonchev–Trinajstić information content (AvgIpc) is 2.47. The minimum Gasteiger partial charge on any atom is -0.388 e. The normalized spacial score (nSPS) is 29.8. The molecule has 1 N–H and O–H groups in total. The van der Waals surface area contributed by atoms with Crippen molar-refractivity contribution in [2.24, 2.45) is 5.92 Å². The predicted molar refractivity (Wildman–Crippen MR) is 78.3 cm³/mol. The fourth-order valence-electron chi connectivity index (χ4n) is 3.64. The van der Waals surface area contributed by atoms with Gasteiger partial charge in [-0.15, -0.1) is 0 Å². The highest BCUT2D eigenvalue weighted by molar-refractivity contribution is 6.30. The summed E-state index contributed by atoms with van der Waals surface area (Å²) in [6.07, 6.45) is 5.93. The van der Waals surface area contributed by atoms with E-state index in [1.807, 2.05) is 24.3 Å². The molecule has 2 fully saturated rings. The minimum atomic E-state index is -0.332. The first kappa shape index (κ1) is 13.4. The monoisotopic (exact) mass is 279 g/mol. The summed E-state index contributed by atoms with van der Waals surface area (Å²) in [4.78, 5) is 2.62. The first-order valence-corrected chi connectivity index (χ1v) is 7.79. The van der Waals surface area contributed by atoms with Crippen molar-refractivity contribution in [3.8, 4) is 0 Å². The Morgan fingerprint density at radius 2 is 1.89 bits per heavy atom. The highest BCUT2D eigenvalue weighted by Gasteiger charge is 2.33. The molecule has 1 aromatic carbocycles. The van der Waals surface area contributed by atoms with Gasteiger partial charge in [0.25, 0.3) is 0 Å². The van der Waals surface area contributed by atoms with E-state index >= 15 is 0 Å². The lowest BCUT2D eigenvalue weighted by molar-refractivity contribution is 0.0155. The van der Waals surface area contributed by atoms with Gasteiger partial charge in [-0.05, 0) is 62.4 Å². The smallest absolute Gasteiger partial charge is 0.0819 e. The van der Waals surface area contributed by atoms with E-state index in [4.69, 9.17) is 11.6 Å². The second-order valence-corrected chi connectivity index (χ2v) is 6.40. The summed E-state index contributed by atoms with van der Waals surface area (Å²) in [6.45, 7) is 2.41. The van der Waals surface area contributed by atoms with Crippen LogP contribution in [0.15, 0.2) is 24.3 Å². The molecule has 0 saturated carbocycles. The van der Waals surface area contributed by atoms with E-state index in [1.165, 1.54) is 25.8 Å². The van der Waals surface area contributed by atoms with Crippen molar-refractivity contribution in [1.29, 1.82) is 0 Å². The molecule has 2 heterocycles. The quantitative estimate of drug-likeness (QED) is 0.893. The van der Waals surface area contributed by atoms with Crippen LogP contribution in [0.1, 0.15) is 43.8 Å². The second kappa shape index (κ2) is 5.82. The predicted octanol–water partition coefficient (Wildman–Crippen LogP) is 3.64. The van der Waals surface area contributed by atoms with Crippen LogP contribution < -0.4 is 0 Å². The molecular weight excluding hydrogens is 258 g/mol. The molecule has 3 rings (SSSR count). The Kier molecular flexibility index (Phi) is 4.11. The molecular formula is C16H22ClNO. The Labute approximate surface area is 120 Å². The molecule has 3 heteroatoms. The first-order valence-electron chi connectivity index (χ1n) is 7.41. The SMILES string of the molecule is O[C@H](c1ccc(Cl)cc1)[C@H]1CCN2CCCC[C@@H]2C1. The van der Waals surface area contributed by atoms with Gasteiger partial charge >= 0.3 is 0 Å². The molecule has 0 amide bonds. The van der Waals surface area contributed by atoms with Gasteiger partial charge < -0.3 is 10.0 Å². The van der Waals surface area contributed by atoms with Gasteiger partial charge in [-0.3, -0.25) is 0 Å². The van der Waals surface area contributed by atoms with E-state index in [9.17, 15) is 5.11 Å². The van der Waals surface area contributed by atoms with Crippen molar-refractivity contribution >= 4 is 11.6 Å². The summed E-state index contributed by atoms with van der Waals surface area (Å²) < 4.78 is 0. The Bertz CT molecular complexity index is 419. The number of nitrogens with zero attached hydrogens (tertiary/aromatic N) is 1. The lowest BCUT2D eigenvalue weighted by Crippen LogP contribution is -2.46. The zero-order valence-corrected chi connectivity index (χ0v) is 12.0. The third kappa shape index (κ3) is 2.96. The molecule has 0 radical (unpaired) electrons. The summed E-state index contributed by atoms with van der Waals surface area (Å²) in [5.74, 6) is 0.403. The van der Waals surface area contributed by atoms with Crippen LogP contribution in [0.25, 0.3) is 0 Å². The van der Waals surface area contributed by atoms with Crippen LogP contribution in [0, 0.1) is 5.92 Å². The maximum Gasteiger partial charge on any atom is 0.0819 e. The van der Waals surface area contributed by atoms with Crippen LogP contribution in [0.5, 0.6) is 0 Å². The van der Waals surface area contributed by atoms with Crippen molar-refractivity contribution in [2.75, 3.05) is 13.1 Å². The van der Waals surface area contributed by atoms with Gasteiger partial charge in [0.05, 0.1) is 6.10 Å². The number of fused-ring (bicyclic) bond motifs is 1. The molecule has 0 spiro atoms. The van der Waals surface area contributed by atoms with E-state index in [0.29, 0.717) is 12.0 Å². The van der Waals surface area contributed by atoms with E-state index in [-0.39, 0.29) is 6.10 Å². The summed E-state index contributed by atoms with van der Waals surface area (Å²) in [5.41, 5.74) is 1.01. The van der Waals surface area contributed by atoms with Crippen LogP contribution in [0.4, 0.5) is 0 Å². The second-order valence-electron chi connectivity index (χ2n) is 5.97. The van der Waals surface area contributed by atoms with Crippen molar-refractivity contribution in [3.05, 3.63) is 34.9 Å². The molecule has 2 aliphatic heterocycles. The van der Waals surface area contributed by atoms with Crippen molar-refractivity contribution < 1.29 is 5.11 Å². The molecule has 0 bridgehead atoms. The van der Waals surface area contributed by atoms with Crippen LogP contribution >= 0.6 is 11.6 Å². The third-order valence-corrected chi connectivity index (χ3v) is 5.02. The third-order valence-electron chi connectivity index (χ3n) is 4.77. The van der Waals surface area contributed by atoms with E-state index < -0.39 is 0 Å². The van der Waals surface area contributed by atoms with Gasteiger partial charge in [0.15, 0.2) is 0 Å². The van der Waals surface area contributed by atoms with E-state index in [2.05, 4.69) is 4.90 Å². The van der Waals surface area contributed by atoms with Gasteiger partial charge in [0.2, 0.25) is 0 Å². The van der Waals surface area contributed by atoms with Gasteiger partial charge in [-0.25, -0.2) is 0 Å². The summed E-state index contributed by atoms with van der Waals surface area (Å²) in [5, 5.41) is 11.3. The summed E-state index contributed by atoms with van der Waals surface area (Å²) in [6, 6.07) is 8.36. The largest absolute Gasteiger partial charge is 0.388 e. The number of halogens is 1. The van der Waals surface area contributed by atoms with Crippen LogP contribution in [-0.2, 0) is 0 Å². The van der Waals surface area contributed by atoms with Crippen molar-refractivity contribution in [3.63, 3.8) is 0 Å². The lowest BCUT2D eigenvalue weighted by atomic mass is 9.81. The molecule has 0 aliphatic carbocycles. The van der Waals surface area contributed by atoms with Gasteiger partial charge in [0, 0.05) is 11.1 Å². The van der Waals surface area contributed by atoms with Gasteiger partial charge in [-0.1, -0.05) is 30.2 Å². The number of aliphatic hydroxyl groups excluding tert-OH is 1. The standard InChI is InChI=1S/C16H22ClNO/c17-14-6-4-12(5-7-14)16(19)13-8-10-18-9-2-1-3-15(18)11-13/h4-7,13,15-16,19H,1-3,8-11H2/t13-,15+,16+/m0/s1. The number of benzene rings is 1. The average molecular weight is 280 g/mol. The minimum absolute atomic E-state index is 0.332. The molecule has 0 aromatic heterocycles. The van der Waals surface area contributed by atoms with E-state index in [1.54, 1.807) is 0 Å². The molecule has 0 unspecified atom stereocenters. The maximum atomic E-state index is 10.6. The highest BCUT2D eigenvalue weighted by Crippen LogP contribution is 2.36. The number of aliphatic hydroxyl groups is 1. The molecule has 1 aromatic rings. The van der Waals surface area contributed by atoms with Crippen LogP contribution in [0.2, 0.25) is 5.02 Å². The zero-order chi connectivity index (χ0) is 13.2. The molecule has 2 saturated heterocycles. The fraction of sp³-hybridized carbons (Fsp3) is 0.625. The molecule has 2 aliphatic rings. The molecule has 3 atom stereocenters. The fourth-order valence-corrected chi connectivity index (χ4v) is 3.77. The zero-order valence-electron chi connectivity index (χ0n) is 11.3. The Morgan fingerprint density at radius 3 is 2.68 bits per heavy atom. The Hall–Kier alpha value is -0.570. The number of hydrogen-bond acceptors (Lipinski definition) is 2. The van der Waals surface area contributed by atoms with Gasteiger partial charge in [-0.2, -0.15) is 0 Å². The highest BCUT2D eigenvalue weighted by atomic mass is 35.5. The van der Waals surface area contributed by atoms with Crippen LogP contribution in [-0.4, -0.2) is 29.1 Å².